The van der Waals surface area contributed by atoms with Crippen LogP contribution in [0.4, 0.5) is 0 Å². The number of benzene rings is 2. The molecule has 0 N–H and O–H groups in total. The summed E-state index contributed by atoms with van der Waals surface area (Å²) >= 11 is 12.1. The molecule has 0 bridgehead atoms. The Morgan fingerprint density at radius 2 is 1.78 bits per heavy atom. The van der Waals surface area contributed by atoms with Gasteiger partial charge in [-0.2, -0.15) is 5.10 Å². The van der Waals surface area contributed by atoms with Crippen molar-refractivity contribution in [3.05, 3.63) is 69.2 Å². The first kappa shape index (κ1) is 19.2. The van der Waals surface area contributed by atoms with E-state index in [2.05, 4.69) is 15.3 Å². The van der Waals surface area contributed by atoms with Gasteiger partial charge >= 0.3 is 0 Å². The van der Waals surface area contributed by atoms with Gasteiger partial charge in [0.05, 0.1) is 13.3 Å². The maximum Gasteiger partial charge on any atom is 0.161 e. The van der Waals surface area contributed by atoms with E-state index < -0.39 is 0 Å². The maximum atomic E-state index is 6.18. The molecule has 27 heavy (non-hydrogen) atoms. The van der Waals surface area contributed by atoms with E-state index in [1.165, 1.54) is 0 Å². The number of hydrogen-bond donors (Lipinski definition) is 0. The highest BCUT2D eigenvalue weighted by atomic mass is 35.5. The van der Waals surface area contributed by atoms with Gasteiger partial charge in [-0.3, -0.25) is 0 Å². The molecule has 0 spiro atoms. The lowest BCUT2D eigenvalue weighted by Crippen LogP contribution is -2.00. The molecular weight excluding hydrogens is 387 g/mol. The molecule has 0 radical (unpaired) electrons. The molecule has 0 saturated heterocycles. The van der Waals surface area contributed by atoms with E-state index in [9.17, 15) is 0 Å². The average molecular weight is 405 g/mol. The Hall–Kier alpha value is -2.57. The molecule has 1 aromatic heterocycles. The third-order valence-electron chi connectivity index (χ3n) is 3.86. The van der Waals surface area contributed by atoms with E-state index in [4.69, 9.17) is 32.7 Å². The molecule has 6 nitrogen and oxygen atoms in total. The number of aromatic nitrogens is 3. The fourth-order valence-electron chi connectivity index (χ4n) is 2.43. The summed E-state index contributed by atoms with van der Waals surface area (Å²) in [6.45, 7) is 3.99. The highest BCUT2D eigenvalue weighted by Gasteiger charge is 2.08. The molecule has 1 heterocycles. The quantitative estimate of drug-likeness (QED) is 0.559. The molecule has 0 unspecified atom stereocenters. The SMILES string of the molecule is COc1cc(C=Nn2c(C)nnc2C)ccc1OCc1ccc(Cl)cc1Cl. The zero-order chi connectivity index (χ0) is 19.4. The van der Waals surface area contributed by atoms with Crippen LogP contribution in [-0.4, -0.2) is 28.2 Å². The molecule has 0 saturated carbocycles. The summed E-state index contributed by atoms with van der Waals surface area (Å²) < 4.78 is 13.0. The second-order valence-electron chi connectivity index (χ2n) is 5.79. The summed E-state index contributed by atoms with van der Waals surface area (Å²) in [7, 11) is 1.59. The first-order valence-electron chi connectivity index (χ1n) is 8.15. The van der Waals surface area contributed by atoms with Crippen molar-refractivity contribution in [2.45, 2.75) is 20.5 Å². The van der Waals surface area contributed by atoms with Gasteiger partial charge in [-0.25, -0.2) is 4.68 Å². The Morgan fingerprint density at radius 3 is 2.44 bits per heavy atom. The number of nitrogens with zero attached hydrogens (tertiary/aromatic N) is 4. The normalized spacial score (nSPS) is 11.1. The summed E-state index contributed by atoms with van der Waals surface area (Å²) in [5.74, 6) is 2.64. The third-order valence-corrected chi connectivity index (χ3v) is 4.45. The van der Waals surface area contributed by atoms with Gasteiger partial charge in [0, 0.05) is 15.6 Å². The summed E-state index contributed by atoms with van der Waals surface area (Å²) in [4.78, 5) is 0. The molecule has 2 aromatic carbocycles. The molecule has 0 aliphatic carbocycles. The van der Waals surface area contributed by atoms with Crippen molar-refractivity contribution >= 4 is 29.4 Å². The van der Waals surface area contributed by atoms with Crippen LogP contribution < -0.4 is 9.47 Å². The van der Waals surface area contributed by atoms with Crippen LogP contribution in [0.15, 0.2) is 41.5 Å². The van der Waals surface area contributed by atoms with Gasteiger partial charge in [0.1, 0.15) is 6.61 Å². The summed E-state index contributed by atoms with van der Waals surface area (Å²) in [5, 5.41) is 13.5. The first-order valence-corrected chi connectivity index (χ1v) is 8.91. The number of methoxy groups -OCH3 is 1. The van der Waals surface area contributed by atoms with Gasteiger partial charge in [-0.15, -0.1) is 10.2 Å². The van der Waals surface area contributed by atoms with Crippen LogP contribution in [0.1, 0.15) is 22.8 Å². The van der Waals surface area contributed by atoms with Crippen molar-refractivity contribution in [1.82, 2.24) is 14.9 Å². The van der Waals surface area contributed by atoms with Crippen LogP contribution in [0.25, 0.3) is 0 Å². The standard InChI is InChI=1S/C19H18Cl2N4O2/c1-12-23-24-13(2)25(12)22-10-14-4-7-18(19(8-14)26-3)27-11-15-5-6-16(20)9-17(15)21/h4-10H,11H2,1-3H3. The monoisotopic (exact) mass is 404 g/mol. The van der Waals surface area contributed by atoms with Crippen molar-refractivity contribution in [1.29, 1.82) is 0 Å². The highest BCUT2D eigenvalue weighted by molar-refractivity contribution is 6.35. The summed E-state index contributed by atoms with van der Waals surface area (Å²) in [6.07, 6.45) is 1.71. The minimum Gasteiger partial charge on any atom is -0.493 e. The Balaban J connectivity index is 1.76. The van der Waals surface area contributed by atoms with Gasteiger partial charge in [0.15, 0.2) is 23.1 Å². The number of ether oxygens (including phenoxy) is 2. The highest BCUT2D eigenvalue weighted by Crippen LogP contribution is 2.29. The lowest BCUT2D eigenvalue weighted by atomic mass is 10.2. The van der Waals surface area contributed by atoms with Crippen molar-refractivity contribution in [3.8, 4) is 11.5 Å². The Bertz CT molecular complexity index is 966. The van der Waals surface area contributed by atoms with E-state index in [0.717, 1.165) is 22.8 Å². The smallest absolute Gasteiger partial charge is 0.161 e. The summed E-state index contributed by atoms with van der Waals surface area (Å²) in [5.41, 5.74) is 1.70. The topological polar surface area (TPSA) is 61.5 Å². The van der Waals surface area contributed by atoms with Gasteiger partial charge in [-0.1, -0.05) is 29.3 Å². The van der Waals surface area contributed by atoms with Crippen LogP contribution in [0.5, 0.6) is 11.5 Å². The van der Waals surface area contributed by atoms with Crippen molar-refractivity contribution < 1.29 is 9.47 Å². The fourth-order valence-corrected chi connectivity index (χ4v) is 2.90. The van der Waals surface area contributed by atoms with Gasteiger partial charge < -0.3 is 9.47 Å². The predicted octanol–water partition coefficient (Wildman–Crippen LogP) is 4.67. The third kappa shape index (κ3) is 4.59. The van der Waals surface area contributed by atoms with Crippen LogP contribution in [0.2, 0.25) is 10.0 Å². The van der Waals surface area contributed by atoms with E-state index in [0.29, 0.717) is 28.2 Å². The van der Waals surface area contributed by atoms with Crippen molar-refractivity contribution in [3.63, 3.8) is 0 Å². The minimum atomic E-state index is 0.304. The van der Waals surface area contributed by atoms with E-state index in [1.54, 1.807) is 30.1 Å². The molecule has 3 aromatic rings. The van der Waals surface area contributed by atoms with E-state index in [1.807, 2.05) is 38.1 Å². The number of rotatable bonds is 6. The lowest BCUT2D eigenvalue weighted by molar-refractivity contribution is 0.284. The zero-order valence-corrected chi connectivity index (χ0v) is 16.6. The zero-order valence-electron chi connectivity index (χ0n) is 15.1. The maximum absolute atomic E-state index is 6.18. The Morgan fingerprint density at radius 1 is 1.04 bits per heavy atom. The second kappa shape index (κ2) is 8.41. The van der Waals surface area contributed by atoms with E-state index in [-0.39, 0.29) is 0 Å². The van der Waals surface area contributed by atoms with Gasteiger partial charge in [0.2, 0.25) is 0 Å². The van der Waals surface area contributed by atoms with Crippen LogP contribution >= 0.6 is 23.2 Å². The molecule has 0 fully saturated rings. The minimum absolute atomic E-state index is 0.304. The molecule has 0 atom stereocenters. The van der Waals surface area contributed by atoms with Crippen LogP contribution in [0, 0.1) is 13.8 Å². The Labute approximate surface area is 167 Å². The lowest BCUT2D eigenvalue weighted by Gasteiger charge is -2.12. The second-order valence-corrected chi connectivity index (χ2v) is 6.63. The first-order chi connectivity index (χ1) is 13.0. The largest absolute Gasteiger partial charge is 0.493 e. The molecule has 0 amide bonds. The van der Waals surface area contributed by atoms with Gasteiger partial charge in [0.25, 0.3) is 0 Å². The van der Waals surface area contributed by atoms with Gasteiger partial charge in [-0.05, 0) is 49.7 Å². The van der Waals surface area contributed by atoms with E-state index >= 15 is 0 Å². The number of aryl methyl sites for hydroxylation is 2. The van der Waals surface area contributed by atoms with Crippen molar-refractivity contribution in [2.75, 3.05) is 7.11 Å². The van der Waals surface area contributed by atoms with Crippen LogP contribution in [0.3, 0.4) is 0 Å². The molecule has 0 aliphatic heterocycles. The average Bonchev–Trinajstić information content (AvgIpc) is 2.97. The molecule has 3 rings (SSSR count). The van der Waals surface area contributed by atoms with Crippen molar-refractivity contribution in [2.24, 2.45) is 5.10 Å². The Kier molecular flexibility index (Phi) is 5.98. The fraction of sp³-hybridized carbons (Fsp3) is 0.211. The van der Waals surface area contributed by atoms with Crippen LogP contribution in [-0.2, 0) is 6.61 Å². The predicted molar refractivity (Wildman–Crippen MR) is 106 cm³/mol. The molecule has 0 aliphatic rings. The number of halogens is 2. The molecule has 8 heteroatoms. The molecule has 140 valence electrons. The molecular formula is C19H18Cl2N4O2. The number of hydrogen-bond acceptors (Lipinski definition) is 5. The summed E-state index contributed by atoms with van der Waals surface area (Å²) in [6, 6.07) is 10.9.